The van der Waals surface area contributed by atoms with Crippen LogP contribution < -0.4 is 5.32 Å². The summed E-state index contributed by atoms with van der Waals surface area (Å²) in [5.74, 6) is -0.150. The van der Waals surface area contributed by atoms with Gasteiger partial charge in [-0.3, -0.25) is 14.6 Å². The molecular weight excluding hydrogens is 492 g/mol. The first kappa shape index (κ1) is 26.5. The van der Waals surface area contributed by atoms with Gasteiger partial charge in [-0.15, -0.1) is 5.10 Å². The van der Waals surface area contributed by atoms with Crippen LogP contribution in [0.2, 0.25) is 0 Å². The van der Waals surface area contributed by atoms with Gasteiger partial charge < -0.3 is 15.0 Å². The Morgan fingerprint density at radius 2 is 1.87 bits per heavy atom. The Bertz CT molecular complexity index is 1400. The molecule has 2 aromatic carbocycles. The van der Waals surface area contributed by atoms with Crippen LogP contribution in [0.15, 0.2) is 73.1 Å². The number of rotatable bonds is 10. The monoisotopic (exact) mass is 526 g/mol. The van der Waals surface area contributed by atoms with E-state index in [0.29, 0.717) is 24.6 Å². The zero-order chi connectivity index (χ0) is 27.2. The lowest BCUT2D eigenvalue weighted by molar-refractivity contribution is -0.142. The summed E-state index contributed by atoms with van der Waals surface area (Å²) in [6, 6.07) is 18.3. The lowest BCUT2D eigenvalue weighted by atomic mass is 9.97. The molecule has 2 unspecified atom stereocenters. The van der Waals surface area contributed by atoms with Gasteiger partial charge in [0.1, 0.15) is 18.1 Å². The highest BCUT2D eigenvalue weighted by Gasteiger charge is 2.33. The largest absolute Gasteiger partial charge is 0.376 e. The molecule has 202 valence electrons. The zero-order valence-electron chi connectivity index (χ0n) is 22.4. The summed E-state index contributed by atoms with van der Waals surface area (Å²) in [6.45, 7) is 5.52. The van der Waals surface area contributed by atoms with Gasteiger partial charge >= 0.3 is 0 Å². The van der Waals surface area contributed by atoms with E-state index in [1.165, 1.54) is 0 Å². The minimum atomic E-state index is -0.852. The Labute approximate surface area is 228 Å². The summed E-state index contributed by atoms with van der Waals surface area (Å²) < 4.78 is 7.30. The maximum absolute atomic E-state index is 14.0. The number of benzene rings is 2. The maximum atomic E-state index is 14.0. The van der Waals surface area contributed by atoms with Crippen LogP contribution in [0.4, 0.5) is 0 Å². The van der Waals surface area contributed by atoms with Gasteiger partial charge in [0.05, 0.1) is 11.6 Å². The van der Waals surface area contributed by atoms with E-state index < -0.39 is 6.04 Å². The fraction of sp³-hybridized carbons (Fsp3) is 0.367. The zero-order valence-corrected chi connectivity index (χ0v) is 22.4. The van der Waals surface area contributed by atoms with Crippen LogP contribution in [-0.4, -0.2) is 55.9 Å². The molecule has 0 radical (unpaired) electrons. The molecule has 0 aliphatic carbocycles. The number of para-hydroxylation sites is 1. The minimum Gasteiger partial charge on any atom is -0.376 e. The quantitative estimate of drug-likeness (QED) is 0.335. The molecular formula is C30H34N6O3. The summed E-state index contributed by atoms with van der Waals surface area (Å²) in [7, 11) is 0. The SMILES string of the molecule is CC(C)c1ccc(C(C(=O)NCC2CCCO2)N(Cc2cccnc2)C(=O)Cn2nnc3ccccc32)cc1. The van der Waals surface area contributed by atoms with Crippen LogP contribution in [0, 0.1) is 0 Å². The second-order valence-electron chi connectivity index (χ2n) is 10.2. The van der Waals surface area contributed by atoms with Crippen molar-refractivity contribution in [2.75, 3.05) is 13.2 Å². The van der Waals surface area contributed by atoms with Crippen LogP contribution in [0.25, 0.3) is 11.0 Å². The van der Waals surface area contributed by atoms with Crippen molar-refractivity contribution in [1.29, 1.82) is 0 Å². The molecule has 0 bridgehead atoms. The van der Waals surface area contributed by atoms with E-state index in [9.17, 15) is 9.59 Å². The Balaban J connectivity index is 1.49. The number of nitrogens with zero attached hydrogens (tertiary/aromatic N) is 5. The molecule has 9 heteroatoms. The fourth-order valence-electron chi connectivity index (χ4n) is 4.92. The topological polar surface area (TPSA) is 102 Å². The molecule has 1 saturated heterocycles. The van der Waals surface area contributed by atoms with Crippen molar-refractivity contribution in [2.45, 2.75) is 57.8 Å². The highest BCUT2D eigenvalue weighted by atomic mass is 16.5. The van der Waals surface area contributed by atoms with Crippen LogP contribution in [0.5, 0.6) is 0 Å². The number of nitrogens with one attached hydrogen (secondary N) is 1. The van der Waals surface area contributed by atoms with E-state index in [4.69, 9.17) is 4.74 Å². The number of pyridine rings is 1. The van der Waals surface area contributed by atoms with Crippen LogP contribution in [-0.2, 0) is 27.4 Å². The Hall–Kier alpha value is -4.11. The minimum absolute atomic E-state index is 0.0121. The third-order valence-corrected chi connectivity index (χ3v) is 7.11. The average Bonchev–Trinajstić information content (AvgIpc) is 3.63. The average molecular weight is 527 g/mol. The van der Waals surface area contributed by atoms with Gasteiger partial charge in [0.15, 0.2) is 0 Å². The van der Waals surface area contributed by atoms with Crippen molar-refractivity contribution in [3.05, 3.63) is 89.7 Å². The van der Waals surface area contributed by atoms with Gasteiger partial charge in [0, 0.05) is 32.1 Å². The molecule has 4 aromatic rings. The van der Waals surface area contributed by atoms with Gasteiger partial charge in [-0.1, -0.05) is 61.5 Å². The van der Waals surface area contributed by atoms with Crippen molar-refractivity contribution in [3.8, 4) is 0 Å². The Kier molecular flexibility index (Phi) is 8.27. The highest BCUT2D eigenvalue weighted by Crippen LogP contribution is 2.27. The number of aromatic nitrogens is 4. The molecule has 2 amide bonds. The molecule has 2 atom stereocenters. The van der Waals surface area contributed by atoms with Gasteiger partial charge in [0.25, 0.3) is 0 Å². The molecule has 1 aliphatic rings. The summed E-state index contributed by atoms with van der Waals surface area (Å²) in [4.78, 5) is 33.7. The first-order chi connectivity index (χ1) is 19.0. The lowest BCUT2D eigenvalue weighted by Gasteiger charge is -2.32. The van der Waals surface area contributed by atoms with Crippen molar-refractivity contribution < 1.29 is 14.3 Å². The summed E-state index contributed by atoms with van der Waals surface area (Å²) in [6.07, 6.45) is 5.29. The third kappa shape index (κ3) is 6.31. The number of hydrogen-bond acceptors (Lipinski definition) is 6. The Morgan fingerprint density at radius 1 is 1.08 bits per heavy atom. The Morgan fingerprint density at radius 3 is 2.59 bits per heavy atom. The molecule has 0 spiro atoms. The first-order valence-electron chi connectivity index (χ1n) is 13.5. The summed E-state index contributed by atoms with van der Waals surface area (Å²) >= 11 is 0. The van der Waals surface area contributed by atoms with Crippen LogP contribution in [0.1, 0.15) is 55.3 Å². The number of amides is 2. The molecule has 1 fully saturated rings. The van der Waals surface area contributed by atoms with E-state index in [1.54, 1.807) is 22.0 Å². The van der Waals surface area contributed by atoms with Crippen molar-refractivity contribution >= 4 is 22.8 Å². The molecule has 2 aromatic heterocycles. The predicted octanol–water partition coefficient (Wildman–Crippen LogP) is 4.02. The fourth-order valence-corrected chi connectivity index (χ4v) is 4.92. The number of carbonyl (C=O) groups excluding carboxylic acids is 2. The van der Waals surface area contributed by atoms with Gasteiger partial charge in [-0.05, 0) is 53.6 Å². The molecule has 0 saturated carbocycles. The predicted molar refractivity (Wildman–Crippen MR) is 148 cm³/mol. The summed E-state index contributed by atoms with van der Waals surface area (Å²) in [5, 5.41) is 11.5. The number of hydrogen-bond donors (Lipinski definition) is 1. The van der Waals surface area contributed by atoms with Crippen molar-refractivity contribution in [2.24, 2.45) is 0 Å². The van der Waals surface area contributed by atoms with E-state index in [2.05, 4.69) is 34.5 Å². The van der Waals surface area contributed by atoms with Gasteiger partial charge in [0.2, 0.25) is 11.8 Å². The lowest BCUT2D eigenvalue weighted by Crippen LogP contribution is -2.46. The maximum Gasteiger partial charge on any atom is 0.247 e. The van der Waals surface area contributed by atoms with E-state index >= 15 is 0 Å². The smallest absolute Gasteiger partial charge is 0.247 e. The molecule has 1 aliphatic heterocycles. The van der Waals surface area contributed by atoms with E-state index in [-0.39, 0.29) is 31.0 Å². The van der Waals surface area contributed by atoms with Crippen molar-refractivity contribution in [3.63, 3.8) is 0 Å². The molecule has 39 heavy (non-hydrogen) atoms. The highest BCUT2D eigenvalue weighted by molar-refractivity contribution is 5.89. The van der Waals surface area contributed by atoms with E-state index in [0.717, 1.165) is 35.0 Å². The molecule has 3 heterocycles. The summed E-state index contributed by atoms with van der Waals surface area (Å²) in [5.41, 5.74) is 4.19. The number of carbonyl (C=O) groups is 2. The van der Waals surface area contributed by atoms with E-state index in [1.807, 2.05) is 60.7 Å². The third-order valence-electron chi connectivity index (χ3n) is 7.11. The molecule has 5 rings (SSSR count). The van der Waals surface area contributed by atoms with Gasteiger partial charge in [-0.2, -0.15) is 0 Å². The number of ether oxygens (including phenoxy) is 1. The second-order valence-corrected chi connectivity index (χ2v) is 10.2. The standard InChI is InChI=1S/C30H34N6O3/c1-21(2)23-11-13-24(14-12-23)29(30(38)32-18-25-8-6-16-39-25)35(19-22-7-5-15-31-17-22)28(37)20-36-27-10-4-3-9-26(27)33-34-36/h3-5,7,9-15,17,21,25,29H,6,8,16,18-20H2,1-2H3,(H,32,38). The van der Waals surface area contributed by atoms with Crippen LogP contribution >= 0.6 is 0 Å². The normalized spacial score (nSPS) is 15.9. The van der Waals surface area contributed by atoms with Crippen molar-refractivity contribution in [1.82, 2.24) is 30.2 Å². The molecule has 1 N–H and O–H groups in total. The molecule has 9 nitrogen and oxygen atoms in total. The first-order valence-corrected chi connectivity index (χ1v) is 13.5. The van der Waals surface area contributed by atoms with Gasteiger partial charge in [-0.25, -0.2) is 4.68 Å². The van der Waals surface area contributed by atoms with Crippen LogP contribution in [0.3, 0.4) is 0 Å². The second kappa shape index (κ2) is 12.2. The number of fused-ring (bicyclic) bond motifs is 1.